The maximum Gasteiger partial charge on any atom is 0.259 e. The molecule has 0 aromatic heterocycles. The molecule has 0 heterocycles. The maximum atomic E-state index is 12.9. The molecule has 0 spiro atoms. The molecule has 0 unspecified atom stereocenters. The van der Waals surface area contributed by atoms with Crippen molar-refractivity contribution < 1.29 is 9.53 Å². The lowest BCUT2D eigenvalue weighted by atomic mass is 10.1. The molecule has 0 fully saturated rings. The van der Waals surface area contributed by atoms with Gasteiger partial charge in [-0.3, -0.25) is 4.79 Å². The van der Waals surface area contributed by atoms with Crippen molar-refractivity contribution in [2.45, 2.75) is 34.6 Å². The van der Waals surface area contributed by atoms with Gasteiger partial charge in [0.15, 0.2) is 0 Å². The van der Waals surface area contributed by atoms with Crippen LogP contribution in [0.1, 0.15) is 45.0 Å². The molecule has 1 aromatic carbocycles. The van der Waals surface area contributed by atoms with Crippen LogP contribution < -0.4 is 10.5 Å². The lowest BCUT2D eigenvalue weighted by Crippen LogP contribution is -2.37. The highest BCUT2D eigenvalue weighted by Gasteiger charge is 2.23. The molecule has 2 N–H and O–H groups in total. The lowest BCUT2D eigenvalue weighted by molar-refractivity contribution is 0.0712. The third-order valence-corrected chi connectivity index (χ3v) is 3.03. The summed E-state index contributed by atoms with van der Waals surface area (Å²) in [5.41, 5.74) is 6.99. The minimum absolute atomic E-state index is 0.0426. The van der Waals surface area contributed by atoms with Gasteiger partial charge < -0.3 is 15.4 Å². The zero-order valence-corrected chi connectivity index (χ0v) is 13.8. The Morgan fingerprint density at radius 3 is 2.24 bits per heavy atom. The molecular weight excluding hydrogens is 264 g/mol. The van der Waals surface area contributed by atoms with Crippen LogP contribution in [0.3, 0.4) is 0 Å². The Morgan fingerprint density at radius 2 is 1.76 bits per heavy atom. The molecule has 1 aromatic rings. The second kappa shape index (κ2) is 7.91. The first-order valence-electron chi connectivity index (χ1n) is 7.67. The fourth-order valence-corrected chi connectivity index (χ4v) is 2.33. The normalized spacial score (nSPS) is 11.0. The van der Waals surface area contributed by atoms with Crippen LogP contribution in [0.4, 0.5) is 5.69 Å². The number of hydrogen-bond donors (Lipinski definition) is 1. The SMILES string of the molecule is CCOc1cccc(N)c1C(=O)N(CC(C)C)CC(C)C. The summed E-state index contributed by atoms with van der Waals surface area (Å²) in [6, 6.07) is 5.36. The average molecular weight is 292 g/mol. The van der Waals surface area contributed by atoms with Crippen LogP contribution in [0.15, 0.2) is 18.2 Å². The first kappa shape index (κ1) is 17.3. The fourth-order valence-electron chi connectivity index (χ4n) is 2.33. The van der Waals surface area contributed by atoms with Gasteiger partial charge in [0.25, 0.3) is 5.91 Å². The van der Waals surface area contributed by atoms with E-state index < -0.39 is 0 Å². The molecule has 0 aliphatic carbocycles. The molecule has 21 heavy (non-hydrogen) atoms. The molecule has 0 saturated carbocycles. The number of carbonyl (C=O) groups excluding carboxylic acids is 1. The highest BCUT2D eigenvalue weighted by molar-refractivity contribution is 6.01. The third-order valence-electron chi connectivity index (χ3n) is 3.03. The summed E-state index contributed by atoms with van der Waals surface area (Å²) in [5, 5.41) is 0. The van der Waals surface area contributed by atoms with Crippen LogP contribution in [0.2, 0.25) is 0 Å². The van der Waals surface area contributed by atoms with E-state index in [1.165, 1.54) is 0 Å². The number of rotatable bonds is 7. The summed E-state index contributed by atoms with van der Waals surface area (Å²) in [6.45, 7) is 12.3. The Balaban J connectivity index is 3.13. The number of nitrogen functional groups attached to an aromatic ring is 1. The number of amides is 1. The lowest BCUT2D eigenvalue weighted by Gasteiger charge is -2.27. The molecule has 1 rings (SSSR count). The van der Waals surface area contributed by atoms with Crippen LogP contribution in [0, 0.1) is 11.8 Å². The molecule has 0 radical (unpaired) electrons. The number of nitrogens with two attached hydrogens (primary N) is 1. The van der Waals surface area contributed by atoms with E-state index in [0.29, 0.717) is 35.4 Å². The summed E-state index contributed by atoms with van der Waals surface area (Å²) < 4.78 is 5.57. The van der Waals surface area contributed by atoms with Gasteiger partial charge in [0, 0.05) is 18.8 Å². The molecule has 4 heteroatoms. The van der Waals surface area contributed by atoms with Gasteiger partial charge in [-0.05, 0) is 30.9 Å². The highest BCUT2D eigenvalue weighted by Crippen LogP contribution is 2.26. The van der Waals surface area contributed by atoms with Gasteiger partial charge in [-0.1, -0.05) is 33.8 Å². The summed E-state index contributed by atoms with van der Waals surface area (Å²) >= 11 is 0. The quantitative estimate of drug-likeness (QED) is 0.783. The fraction of sp³-hybridized carbons (Fsp3) is 0.588. The van der Waals surface area contributed by atoms with Crippen molar-refractivity contribution >= 4 is 11.6 Å². The zero-order valence-electron chi connectivity index (χ0n) is 13.8. The van der Waals surface area contributed by atoms with E-state index in [-0.39, 0.29) is 5.91 Å². The Hall–Kier alpha value is -1.71. The molecule has 4 nitrogen and oxygen atoms in total. The van der Waals surface area contributed by atoms with Crippen LogP contribution in [0.5, 0.6) is 5.75 Å². The van der Waals surface area contributed by atoms with E-state index in [2.05, 4.69) is 27.7 Å². The summed E-state index contributed by atoms with van der Waals surface area (Å²) in [6.07, 6.45) is 0. The molecule has 1 amide bonds. The molecule has 0 saturated heterocycles. The Bertz CT molecular complexity index is 460. The van der Waals surface area contributed by atoms with E-state index >= 15 is 0 Å². The van der Waals surface area contributed by atoms with Gasteiger partial charge in [-0.15, -0.1) is 0 Å². The summed E-state index contributed by atoms with van der Waals surface area (Å²) in [5.74, 6) is 1.35. The monoisotopic (exact) mass is 292 g/mol. The molecule has 0 aliphatic heterocycles. The number of ether oxygens (including phenoxy) is 1. The highest BCUT2D eigenvalue weighted by atomic mass is 16.5. The average Bonchev–Trinajstić information content (AvgIpc) is 2.37. The van der Waals surface area contributed by atoms with Crippen molar-refractivity contribution in [3.05, 3.63) is 23.8 Å². The van der Waals surface area contributed by atoms with E-state index in [9.17, 15) is 4.79 Å². The molecule has 0 aliphatic rings. The van der Waals surface area contributed by atoms with Gasteiger partial charge >= 0.3 is 0 Å². The third kappa shape index (κ3) is 4.96. The largest absolute Gasteiger partial charge is 0.493 e. The van der Waals surface area contributed by atoms with E-state index in [0.717, 1.165) is 13.1 Å². The second-order valence-corrected chi connectivity index (χ2v) is 6.15. The molecule has 0 atom stereocenters. The zero-order chi connectivity index (χ0) is 16.0. The number of benzene rings is 1. The smallest absolute Gasteiger partial charge is 0.259 e. The second-order valence-electron chi connectivity index (χ2n) is 6.15. The number of carbonyl (C=O) groups is 1. The molecule has 118 valence electrons. The summed E-state index contributed by atoms with van der Waals surface area (Å²) in [4.78, 5) is 14.8. The van der Waals surface area contributed by atoms with Crippen molar-refractivity contribution in [3.63, 3.8) is 0 Å². The van der Waals surface area contributed by atoms with Crippen molar-refractivity contribution in [3.8, 4) is 5.75 Å². The van der Waals surface area contributed by atoms with Crippen LogP contribution in [-0.2, 0) is 0 Å². The minimum Gasteiger partial charge on any atom is -0.493 e. The van der Waals surface area contributed by atoms with Gasteiger partial charge in [0.1, 0.15) is 11.3 Å². The van der Waals surface area contributed by atoms with Gasteiger partial charge in [0.2, 0.25) is 0 Å². The first-order valence-corrected chi connectivity index (χ1v) is 7.67. The Labute approximate surface area is 128 Å². The van der Waals surface area contributed by atoms with Gasteiger partial charge in [0.05, 0.1) is 6.61 Å². The topological polar surface area (TPSA) is 55.6 Å². The first-order chi connectivity index (χ1) is 9.86. The van der Waals surface area contributed by atoms with Crippen LogP contribution in [-0.4, -0.2) is 30.5 Å². The number of anilines is 1. The predicted octanol–water partition coefficient (Wildman–Crippen LogP) is 3.42. The van der Waals surface area contributed by atoms with Crippen LogP contribution in [0.25, 0.3) is 0 Å². The molecule has 0 bridgehead atoms. The van der Waals surface area contributed by atoms with Crippen molar-refractivity contribution in [1.82, 2.24) is 4.90 Å². The Morgan fingerprint density at radius 1 is 1.19 bits per heavy atom. The number of hydrogen-bond acceptors (Lipinski definition) is 3. The number of nitrogens with zero attached hydrogens (tertiary/aromatic N) is 1. The standard InChI is InChI=1S/C17H28N2O2/c1-6-21-15-9-7-8-14(18)16(15)17(20)19(10-12(2)3)11-13(4)5/h7-9,12-13H,6,10-11,18H2,1-5H3. The molecular formula is C17H28N2O2. The van der Waals surface area contributed by atoms with Gasteiger partial charge in [-0.25, -0.2) is 0 Å². The van der Waals surface area contributed by atoms with E-state index in [4.69, 9.17) is 10.5 Å². The van der Waals surface area contributed by atoms with Crippen molar-refractivity contribution in [2.24, 2.45) is 11.8 Å². The van der Waals surface area contributed by atoms with Crippen molar-refractivity contribution in [1.29, 1.82) is 0 Å². The maximum absolute atomic E-state index is 12.9. The van der Waals surface area contributed by atoms with E-state index in [1.54, 1.807) is 12.1 Å². The van der Waals surface area contributed by atoms with Crippen molar-refractivity contribution in [2.75, 3.05) is 25.4 Å². The van der Waals surface area contributed by atoms with Crippen LogP contribution >= 0.6 is 0 Å². The Kier molecular flexibility index (Phi) is 6.53. The minimum atomic E-state index is -0.0426. The predicted molar refractivity (Wildman–Crippen MR) is 87.6 cm³/mol. The summed E-state index contributed by atoms with van der Waals surface area (Å²) in [7, 11) is 0. The van der Waals surface area contributed by atoms with Gasteiger partial charge in [-0.2, -0.15) is 0 Å². The van der Waals surface area contributed by atoms with E-state index in [1.807, 2.05) is 17.9 Å².